The predicted octanol–water partition coefficient (Wildman–Crippen LogP) is 1.64. The number of hydrogen-bond acceptors (Lipinski definition) is 4. The molecule has 1 aromatic carbocycles. The molecular formula is C17H24N2O4. The molecule has 0 bridgehead atoms. The molecule has 1 heterocycles. The van der Waals surface area contributed by atoms with Crippen LogP contribution in [0.1, 0.15) is 24.2 Å². The molecule has 2 rings (SSSR count). The van der Waals surface area contributed by atoms with Crippen LogP contribution in [0.3, 0.4) is 0 Å². The van der Waals surface area contributed by atoms with Crippen LogP contribution in [0, 0.1) is 5.92 Å². The van der Waals surface area contributed by atoms with Crippen LogP contribution in [0.2, 0.25) is 0 Å². The van der Waals surface area contributed by atoms with Gasteiger partial charge < -0.3 is 19.3 Å². The Hall–Kier alpha value is -2.24. The van der Waals surface area contributed by atoms with Crippen LogP contribution in [0.15, 0.2) is 18.2 Å². The molecule has 0 aromatic heterocycles. The van der Waals surface area contributed by atoms with E-state index in [0.29, 0.717) is 43.2 Å². The summed E-state index contributed by atoms with van der Waals surface area (Å²) in [6.45, 7) is 5.96. The fourth-order valence-electron chi connectivity index (χ4n) is 2.65. The zero-order chi connectivity index (χ0) is 17.0. The van der Waals surface area contributed by atoms with Gasteiger partial charge in [0.25, 0.3) is 5.91 Å². The Morgan fingerprint density at radius 2 is 1.61 bits per heavy atom. The van der Waals surface area contributed by atoms with Crippen molar-refractivity contribution in [1.29, 1.82) is 0 Å². The molecule has 6 nitrogen and oxygen atoms in total. The van der Waals surface area contributed by atoms with Crippen LogP contribution < -0.4 is 9.47 Å². The van der Waals surface area contributed by atoms with Crippen molar-refractivity contribution in [3.05, 3.63) is 23.8 Å². The summed E-state index contributed by atoms with van der Waals surface area (Å²) in [5.41, 5.74) is 0.482. The first-order valence-corrected chi connectivity index (χ1v) is 7.78. The molecule has 0 N–H and O–H groups in total. The second kappa shape index (κ2) is 7.35. The molecular weight excluding hydrogens is 296 g/mol. The van der Waals surface area contributed by atoms with Crippen LogP contribution in [0.4, 0.5) is 0 Å². The van der Waals surface area contributed by atoms with Crippen molar-refractivity contribution in [3.63, 3.8) is 0 Å². The second-order valence-corrected chi connectivity index (χ2v) is 5.84. The van der Waals surface area contributed by atoms with E-state index in [0.717, 1.165) is 0 Å². The molecule has 6 heteroatoms. The highest BCUT2D eigenvalue weighted by Crippen LogP contribution is 2.25. The van der Waals surface area contributed by atoms with E-state index in [-0.39, 0.29) is 17.7 Å². The molecule has 1 saturated heterocycles. The summed E-state index contributed by atoms with van der Waals surface area (Å²) >= 11 is 0. The van der Waals surface area contributed by atoms with Gasteiger partial charge in [0.2, 0.25) is 5.91 Å². The lowest BCUT2D eigenvalue weighted by Gasteiger charge is -2.35. The van der Waals surface area contributed by atoms with E-state index in [4.69, 9.17) is 9.47 Å². The van der Waals surface area contributed by atoms with Gasteiger partial charge in [-0.2, -0.15) is 0 Å². The molecule has 0 radical (unpaired) electrons. The summed E-state index contributed by atoms with van der Waals surface area (Å²) in [5.74, 6) is 1.16. The Labute approximate surface area is 137 Å². The third-order valence-corrected chi connectivity index (χ3v) is 4.01. The van der Waals surface area contributed by atoms with Gasteiger partial charge in [-0.1, -0.05) is 13.8 Å². The van der Waals surface area contributed by atoms with E-state index in [2.05, 4.69) is 0 Å². The summed E-state index contributed by atoms with van der Waals surface area (Å²) in [4.78, 5) is 28.3. The van der Waals surface area contributed by atoms with Gasteiger partial charge in [-0.3, -0.25) is 9.59 Å². The number of rotatable bonds is 4. The molecule has 2 amide bonds. The fourth-order valence-corrected chi connectivity index (χ4v) is 2.65. The van der Waals surface area contributed by atoms with Gasteiger partial charge in [-0.25, -0.2) is 0 Å². The topological polar surface area (TPSA) is 59.1 Å². The van der Waals surface area contributed by atoms with Crippen molar-refractivity contribution in [3.8, 4) is 11.5 Å². The van der Waals surface area contributed by atoms with Crippen molar-refractivity contribution in [1.82, 2.24) is 9.80 Å². The number of hydrogen-bond donors (Lipinski definition) is 0. The maximum absolute atomic E-state index is 12.7. The Balaban J connectivity index is 2.09. The van der Waals surface area contributed by atoms with E-state index in [1.54, 1.807) is 30.2 Å². The lowest BCUT2D eigenvalue weighted by Crippen LogP contribution is -2.51. The average Bonchev–Trinajstić information content (AvgIpc) is 2.59. The van der Waals surface area contributed by atoms with Crippen LogP contribution in [0.25, 0.3) is 0 Å². The molecule has 0 saturated carbocycles. The van der Waals surface area contributed by atoms with Crippen molar-refractivity contribution >= 4 is 11.8 Å². The number of ether oxygens (including phenoxy) is 2. The maximum Gasteiger partial charge on any atom is 0.257 e. The standard InChI is InChI=1S/C17H24N2O4/c1-12(2)16(20)18-7-9-19(10-8-18)17(21)14-11-13(22-3)5-6-15(14)23-4/h5-6,11-12H,7-10H2,1-4H3. The number of carbonyl (C=O) groups excluding carboxylic acids is 2. The SMILES string of the molecule is COc1ccc(OC)c(C(=O)N2CCN(C(=O)C(C)C)CC2)c1. The highest BCUT2D eigenvalue weighted by Gasteiger charge is 2.27. The van der Waals surface area contributed by atoms with E-state index in [1.807, 2.05) is 18.7 Å². The van der Waals surface area contributed by atoms with Crippen molar-refractivity contribution in [2.75, 3.05) is 40.4 Å². The van der Waals surface area contributed by atoms with Crippen molar-refractivity contribution in [2.45, 2.75) is 13.8 Å². The predicted molar refractivity (Wildman–Crippen MR) is 86.9 cm³/mol. The number of nitrogens with zero attached hydrogens (tertiary/aromatic N) is 2. The summed E-state index contributed by atoms with van der Waals surface area (Å²) < 4.78 is 10.5. The van der Waals surface area contributed by atoms with Gasteiger partial charge in [-0.05, 0) is 18.2 Å². The largest absolute Gasteiger partial charge is 0.497 e. The number of amides is 2. The summed E-state index contributed by atoms with van der Waals surface area (Å²) in [6.07, 6.45) is 0. The number of piperazine rings is 1. The van der Waals surface area contributed by atoms with E-state index < -0.39 is 0 Å². The Morgan fingerprint density at radius 1 is 1.00 bits per heavy atom. The van der Waals surface area contributed by atoms with E-state index in [1.165, 1.54) is 7.11 Å². The quantitative estimate of drug-likeness (QED) is 0.846. The number of benzene rings is 1. The fraction of sp³-hybridized carbons (Fsp3) is 0.529. The molecule has 0 unspecified atom stereocenters. The molecule has 1 aliphatic heterocycles. The molecule has 23 heavy (non-hydrogen) atoms. The zero-order valence-electron chi connectivity index (χ0n) is 14.2. The van der Waals surface area contributed by atoms with Crippen LogP contribution in [-0.4, -0.2) is 62.0 Å². The first kappa shape index (κ1) is 17.1. The van der Waals surface area contributed by atoms with Crippen LogP contribution in [0.5, 0.6) is 11.5 Å². The lowest BCUT2D eigenvalue weighted by molar-refractivity contribution is -0.135. The van der Waals surface area contributed by atoms with Gasteiger partial charge >= 0.3 is 0 Å². The van der Waals surface area contributed by atoms with Gasteiger partial charge in [0, 0.05) is 32.1 Å². The molecule has 1 aromatic rings. The molecule has 0 aliphatic carbocycles. The summed E-state index contributed by atoms with van der Waals surface area (Å²) in [5, 5.41) is 0. The van der Waals surface area contributed by atoms with Gasteiger partial charge in [-0.15, -0.1) is 0 Å². The summed E-state index contributed by atoms with van der Waals surface area (Å²) in [6, 6.07) is 5.17. The van der Waals surface area contributed by atoms with Gasteiger partial charge in [0.05, 0.1) is 19.8 Å². The second-order valence-electron chi connectivity index (χ2n) is 5.84. The Bertz CT molecular complexity index is 578. The normalized spacial score (nSPS) is 14.8. The van der Waals surface area contributed by atoms with Gasteiger partial charge in [0.15, 0.2) is 0 Å². The minimum absolute atomic E-state index is 0.0178. The lowest BCUT2D eigenvalue weighted by atomic mass is 10.1. The molecule has 0 atom stereocenters. The number of carbonyl (C=O) groups is 2. The molecule has 0 spiro atoms. The highest BCUT2D eigenvalue weighted by molar-refractivity contribution is 5.97. The zero-order valence-corrected chi connectivity index (χ0v) is 14.2. The third-order valence-electron chi connectivity index (χ3n) is 4.01. The Kier molecular flexibility index (Phi) is 5.47. The van der Waals surface area contributed by atoms with Crippen molar-refractivity contribution < 1.29 is 19.1 Å². The van der Waals surface area contributed by atoms with Crippen molar-refractivity contribution in [2.24, 2.45) is 5.92 Å². The molecule has 126 valence electrons. The van der Waals surface area contributed by atoms with Crippen LogP contribution in [-0.2, 0) is 4.79 Å². The monoisotopic (exact) mass is 320 g/mol. The molecule has 1 aliphatic rings. The minimum Gasteiger partial charge on any atom is -0.497 e. The first-order valence-electron chi connectivity index (χ1n) is 7.78. The summed E-state index contributed by atoms with van der Waals surface area (Å²) in [7, 11) is 3.10. The van der Waals surface area contributed by atoms with Gasteiger partial charge in [0.1, 0.15) is 11.5 Å². The minimum atomic E-state index is -0.0996. The third kappa shape index (κ3) is 3.75. The number of methoxy groups -OCH3 is 2. The molecule has 1 fully saturated rings. The van der Waals surface area contributed by atoms with E-state index in [9.17, 15) is 9.59 Å². The first-order chi connectivity index (χ1) is 11.0. The highest BCUT2D eigenvalue weighted by atomic mass is 16.5. The van der Waals surface area contributed by atoms with Crippen LogP contribution >= 0.6 is 0 Å². The Morgan fingerprint density at radius 3 is 2.13 bits per heavy atom. The maximum atomic E-state index is 12.7. The van der Waals surface area contributed by atoms with E-state index >= 15 is 0 Å². The average molecular weight is 320 g/mol. The smallest absolute Gasteiger partial charge is 0.257 e.